The van der Waals surface area contributed by atoms with Crippen LogP contribution in [-0.2, 0) is 6.61 Å². The van der Waals surface area contributed by atoms with Gasteiger partial charge in [-0.1, -0.05) is 17.4 Å². The van der Waals surface area contributed by atoms with E-state index in [1.165, 1.54) is 11.3 Å². The predicted molar refractivity (Wildman–Crippen MR) is 55.6 cm³/mol. The summed E-state index contributed by atoms with van der Waals surface area (Å²) >= 11 is 1.42. The summed E-state index contributed by atoms with van der Waals surface area (Å²) in [5, 5.41) is 12.6. The van der Waals surface area contributed by atoms with Crippen molar-refractivity contribution in [1.82, 2.24) is 9.97 Å². The fourth-order valence-electron chi connectivity index (χ4n) is 0.985. The zero-order valence-electron chi connectivity index (χ0n) is 7.34. The molecule has 14 heavy (non-hydrogen) atoms. The Balaban J connectivity index is 2.11. The maximum absolute atomic E-state index is 8.84. The van der Waals surface area contributed by atoms with E-state index in [1.807, 2.05) is 18.2 Å². The molecule has 5 heteroatoms. The molecule has 0 aliphatic rings. The van der Waals surface area contributed by atoms with E-state index in [2.05, 4.69) is 15.3 Å². The normalized spacial score (nSPS) is 10.1. The van der Waals surface area contributed by atoms with Gasteiger partial charge in [0, 0.05) is 12.4 Å². The molecule has 0 saturated carbocycles. The maximum Gasteiger partial charge on any atom is 0.188 e. The predicted octanol–water partition coefficient (Wildman–Crippen LogP) is 1.77. The zero-order chi connectivity index (χ0) is 9.80. The third-order valence-electron chi connectivity index (χ3n) is 1.61. The number of nitrogens with zero attached hydrogens (tertiary/aromatic N) is 2. The second-order valence-corrected chi connectivity index (χ2v) is 3.75. The van der Waals surface area contributed by atoms with Crippen LogP contribution in [0, 0.1) is 0 Å². The fourth-order valence-corrected chi connectivity index (χ4v) is 1.66. The minimum Gasteiger partial charge on any atom is -0.391 e. The Hall–Kier alpha value is -1.46. The van der Waals surface area contributed by atoms with Crippen LogP contribution in [0.5, 0.6) is 0 Å². The van der Waals surface area contributed by atoms with E-state index in [-0.39, 0.29) is 6.61 Å². The van der Waals surface area contributed by atoms with E-state index < -0.39 is 0 Å². The fraction of sp³-hybridized carbons (Fsp3) is 0.111. The van der Waals surface area contributed by atoms with E-state index in [0.29, 0.717) is 0 Å². The van der Waals surface area contributed by atoms with E-state index in [9.17, 15) is 0 Å². The Morgan fingerprint density at radius 3 is 2.93 bits per heavy atom. The Morgan fingerprint density at radius 1 is 1.36 bits per heavy atom. The molecule has 0 aliphatic heterocycles. The summed E-state index contributed by atoms with van der Waals surface area (Å²) < 4.78 is 0. The van der Waals surface area contributed by atoms with Gasteiger partial charge in [-0.2, -0.15) is 0 Å². The molecule has 2 aromatic heterocycles. The molecule has 0 aromatic carbocycles. The van der Waals surface area contributed by atoms with Crippen LogP contribution in [0.25, 0.3) is 0 Å². The highest BCUT2D eigenvalue weighted by Gasteiger charge is 2.00. The van der Waals surface area contributed by atoms with Gasteiger partial charge in [0.15, 0.2) is 5.13 Å². The SMILES string of the molecule is OCc1cnc(Nc2ccccn2)s1. The topological polar surface area (TPSA) is 58.0 Å². The third-order valence-corrected chi connectivity index (χ3v) is 2.51. The Morgan fingerprint density at radius 2 is 2.29 bits per heavy atom. The van der Waals surface area contributed by atoms with Crippen LogP contribution < -0.4 is 5.32 Å². The molecule has 72 valence electrons. The van der Waals surface area contributed by atoms with Crippen molar-refractivity contribution in [2.75, 3.05) is 5.32 Å². The second kappa shape index (κ2) is 4.17. The summed E-state index contributed by atoms with van der Waals surface area (Å²) in [6, 6.07) is 5.61. The van der Waals surface area contributed by atoms with Crippen molar-refractivity contribution in [1.29, 1.82) is 0 Å². The van der Waals surface area contributed by atoms with Gasteiger partial charge in [-0.15, -0.1) is 0 Å². The number of hydrogen-bond acceptors (Lipinski definition) is 5. The van der Waals surface area contributed by atoms with Gasteiger partial charge in [0.1, 0.15) is 5.82 Å². The number of hydrogen-bond donors (Lipinski definition) is 2. The molecule has 2 rings (SSSR count). The molecule has 2 heterocycles. The highest BCUT2D eigenvalue weighted by Crippen LogP contribution is 2.20. The molecule has 0 saturated heterocycles. The van der Waals surface area contributed by atoms with Crippen molar-refractivity contribution in [3.8, 4) is 0 Å². The number of rotatable bonds is 3. The monoisotopic (exact) mass is 207 g/mol. The summed E-state index contributed by atoms with van der Waals surface area (Å²) in [7, 11) is 0. The van der Waals surface area contributed by atoms with Crippen molar-refractivity contribution in [2.45, 2.75) is 6.61 Å². The third kappa shape index (κ3) is 2.07. The summed E-state index contributed by atoms with van der Waals surface area (Å²) in [4.78, 5) is 9.03. The average Bonchev–Trinajstić information content (AvgIpc) is 2.67. The molecule has 2 aromatic rings. The van der Waals surface area contributed by atoms with Crippen molar-refractivity contribution < 1.29 is 5.11 Å². The minimum absolute atomic E-state index is 0.0293. The molecule has 0 bridgehead atoms. The lowest BCUT2D eigenvalue weighted by molar-refractivity contribution is 0.285. The summed E-state index contributed by atoms with van der Waals surface area (Å²) in [6.45, 7) is 0.0293. The van der Waals surface area contributed by atoms with Crippen LogP contribution in [0.2, 0.25) is 0 Å². The van der Waals surface area contributed by atoms with Crippen LogP contribution in [-0.4, -0.2) is 15.1 Å². The van der Waals surface area contributed by atoms with Gasteiger partial charge in [0.2, 0.25) is 0 Å². The van der Waals surface area contributed by atoms with E-state index in [4.69, 9.17) is 5.11 Å². The largest absolute Gasteiger partial charge is 0.391 e. The molecule has 0 aliphatic carbocycles. The van der Waals surface area contributed by atoms with Gasteiger partial charge < -0.3 is 10.4 Å². The van der Waals surface area contributed by atoms with Gasteiger partial charge >= 0.3 is 0 Å². The number of pyridine rings is 1. The molecule has 4 nitrogen and oxygen atoms in total. The number of thiazole rings is 1. The van der Waals surface area contributed by atoms with Crippen LogP contribution in [0.15, 0.2) is 30.6 Å². The molecule has 0 unspecified atom stereocenters. The Bertz CT molecular complexity index is 401. The summed E-state index contributed by atoms with van der Waals surface area (Å²) in [5.74, 6) is 0.756. The van der Waals surface area contributed by atoms with Crippen LogP contribution in [0.4, 0.5) is 10.9 Å². The van der Waals surface area contributed by atoms with E-state index in [0.717, 1.165) is 15.8 Å². The molecule has 2 N–H and O–H groups in total. The first-order chi connectivity index (χ1) is 6.88. The number of aliphatic hydroxyl groups excluding tert-OH is 1. The summed E-state index contributed by atoms with van der Waals surface area (Å²) in [5.41, 5.74) is 0. The first kappa shape index (κ1) is 9.11. The first-order valence-electron chi connectivity index (χ1n) is 4.12. The van der Waals surface area contributed by atoms with Crippen LogP contribution in [0.1, 0.15) is 4.88 Å². The number of aliphatic hydroxyl groups is 1. The van der Waals surface area contributed by atoms with E-state index >= 15 is 0 Å². The molecule has 0 amide bonds. The van der Waals surface area contributed by atoms with Crippen molar-refractivity contribution in [3.05, 3.63) is 35.5 Å². The van der Waals surface area contributed by atoms with Crippen LogP contribution >= 0.6 is 11.3 Å². The smallest absolute Gasteiger partial charge is 0.188 e. The highest BCUT2D eigenvalue weighted by molar-refractivity contribution is 7.15. The standard InChI is InChI=1S/C9H9N3OS/c13-6-7-5-11-9(14-7)12-8-3-1-2-4-10-8/h1-5,13H,6H2,(H,10,11,12). The lowest BCUT2D eigenvalue weighted by atomic mass is 10.5. The first-order valence-corrected chi connectivity index (χ1v) is 4.94. The molecule has 0 atom stereocenters. The van der Waals surface area contributed by atoms with E-state index in [1.54, 1.807) is 12.4 Å². The van der Waals surface area contributed by atoms with Gasteiger partial charge in [-0.25, -0.2) is 9.97 Å². The number of nitrogens with one attached hydrogen (secondary N) is 1. The van der Waals surface area contributed by atoms with Gasteiger partial charge in [-0.05, 0) is 12.1 Å². The minimum atomic E-state index is 0.0293. The quantitative estimate of drug-likeness (QED) is 0.805. The van der Waals surface area contributed by atoms with Crippen LogP contribution in [0.3, 0.4) is 0 Å². The molecular weight excluding hydrogens is 198 g/mol. The van der Waals surface area contributed by atoms with Crippen molar-refractivity contribution >= 4 is 22.3 Å². The Labute approximate surface area is 85.3 Å². The summed E-state index contributed by atoms with van der Waals surface area (Å²) in [6.07, 6.45) is 3.36. The lowest BCUT2D eigenvalue weighted by Gasteiger charge is -1.98. The molecule has 0 radical (unpaired) electrons. The molecule has 0 spiro atoms. The van der Waals surface area contributed by atoms with Gasteiger partial charge in [-0.3, -0.25) is 0 Å². The number of aromatic nitrogens is 2. The van der Waals surface area contributed by atoms with Gasteiger partial charge in [0.25, 0.3) is 0 Å². The lowest BCUT2D eigenvalue weighted by Crippen LogP contribution is -1.90. The molecular formula is C9H9N3OS. The maximum atomic E-state index is 8.84. The Kier molecular flexibility index (Phi) is 2.71. The molecule has 0 fully saturated rings. The van der Waals surface area contributed by atoms with Gasteiger partial charge in [0.05, 0.1) is 11.5 Å². The zero-order valence-corrected chi connectivity index (χ0v) is 8.16. The van der Waals surface area contributed by atoms with Crippen molar-refractivity contribution in [3.63, 3.8) is 0 Å². The average molecular weight is 207 g/mol. The number of anilines is 2. The second-order valence-electron chi connectivity index (χ2n) is 2.63. The van der Waals surface area contributed by atoms with Crippen molar-refractivity contribution in [2.24, 2.45) is 0 Å². The highest BCUT2D eigenvalue weighted by atomic mass is 32.1.